The standard InChI is InChI=1S/C15H17N3O3.C2H6/c1-4-6-11-10(5-2)15(21)18(9(3)16-11)12-7-8-13(19)17-14(12)20;1-2/h4-6,12H,2,7-8H2,1,3H3,(H,17,19,20);1-2H3/b6-4-;. The van der Waals surface area contributed by atoms with Gasteiger partial charge in [-0.05, 0) is 26.3 Å². The molecule has 1 aromatic rings. The summed E-state index contributed by atoms with van der Waals surface area (Å²) in [4.78, 5) is 40.1. The molecule has 6 heteroatoms. The third-order valence-corrected chi connectivity index (χ3v) is 3.41. The molecule has 1 aliphatic heterocycles. The number of amides is 2. The summed E-state index contributed by atoms with van der Waals surface area (Å²) in [7, 11) is 0. The van der Waals surface area contributed by atoms with Gasteiger partial charge in [-0.1, -0.05) is 32.6 Å². The summed E-state index contributed by atoms with van der Waals surface area (Å²) >= 11 is 0. The molecular formula is C17H23N3O3. The second-order valence-electron chi connectivity index (χ2n) is 4.80. The first-order valence-electron chi connectivity index (χ1n) is 7.71. The van der Waals surface area contributed by atoms with Gasteiger partial charge in [-0.2, -0.15) is 0 Å². The summed E-state index contributed by atoms with van der Waals surface area (Å²) in [6.45, 7) is 11.1. The third-order valence-electron chi connectivity index (χ3n) is 3.41. The van der Waals surface area contributed by atoms with Gasteiger partial charge in [0, 0.05) is 6.42 Å². The zero-order chi connectivity index (χ0) is 17.6. The zero-order valence-corrected chi connectivity index (χ0v) is 14.0. The zero-order valence-electron chi connectivity index (χ0n) is 14.0. The largest absolute Gasteiger partial charge is 0.295 e. The highest BCUT2D eigenvalue weighted by atomic mass is 16.2. The fourth-order valence-electron chi connectivity index (χ4n) is 2.45. The number of hydrogen-bond donors (Lipinski definition) is 1. The number of nitrogens with zero attached hydrogens (tertiary/aromatic N) is 2. The summed E-state index contributed by atoms with van der Waals surface area (Å²) in [5.41, 5.74) is 0.557. The molecular weight excluding hydrogens is 294 g/mol. The normalized spacial score (nSPS) is 17.5. The molecule has 2 heterocycles. The minimum absolute atomic E-state index is 0.211. The number of aryl methyl sites for hydroxylation is 1. The van der Waals surface area contributed by atoms with Crippen molar-refractivity contribution < 1.29 is 9.59 Å². The summed E-state index contributed by atoms with van der Waals surface area (Å²) in [6.07, 6.45) is 5.45. The van der Waals surface area contributed by atoms with Crippen LogP contribution in [0.4, 0.5) is 0 Å². The number of carbonyl (C=O) groups is 2. The number of hydrogen-bond acceptors (Lipinski definition) is 4. The Bertz CT molecular complexity index is 702. The topological polar surface area (TPSA) is 81.1 Å². The van der Waals surface area contributed by atoms with Gasteiger partial charge in [0.15, 0.2) is 0 Å². The van der Waals surface area contributed by atoms with Gasteiger partial charge in [0.25, 0.3) is 5.56 Å². The van der Waals surface area contributed by atoms with E-state index in [9.17, 15) is 14.4 Å². The molecule has 1 N–H and O–H groups in total. The smallest absolute Gasteiger partial charge is 0.262 e. The molecule has 6 nitrogen and oxygen atoms in total. The molecule has 1 aliphatic rings. The quantitative estimate of drug-likeness (QED) is 0.867. The Morgan fingerprint density at radius 1 is 1.30 bits per heavy atom. The highest BCUT2D eigenvalue weighted by Gasteiger charge is 2.30. The molecule has 0 aliphatic carbocycles. The fraction of sp³-hybridized carbons (Fsp3) is 0.412. The minimum Gasteiger partial charge on any atom is -0.295 e. The van der Waals surface area contributed by atoms with Gasteiger partial charge in [-0.3, -0.25) is 24.3 Å². The van der Waals surface area contributed by atoms with Crippen LogP contribution < -0.4 is 10.9 Å². The van der Waals surface area contributed by atoms with Crippen LogP contribution in [0.3, 0.4) is 0 Å². The summed E-state index contributed by atoms with van der Waals surface area (Å²) in [5.74, 6) is -0.343. The number of imide groups is 1. The fourth-order valence-corrected chi connectivity index (χ4v) is 2.45. The predicted molar refractivity (Wildman–Crippen MR) is 90.8 cm³/mol. The van der Waals surface area contributed by atoms with E-state index in [1.54, 1.807) is 19.1 Å². The molecule has 23 heavy (non-hydrogen) atoms. The van der Waals surface area contributed by atoms with E-state index in [2.05, 4.69) is 16.9 Å². The van der Waals surface area contributed by atoms with Crippen LogP contribution in [0.25, 0.3) is 12.2 Å². The van der Waals surface area contributed by atoms with Gasteiger partial charge in [0.2, 0.25) is 11.8 Å². The molecule has 1 atom stereocenters. The van der Waals surface area contributed by atoms with Crippen LogP contribution >= 0.6 is 0 Å². The van der Waals surface area contributed by atoms with Crippen molar-refractivity contribution in [1.82, 2.24) is 14.9 Å². The lowest BCUT2D eigenvalue weighted by molar-refractivity contribution is -0.135. The van der Waals surface area contributed by atoms with Gasteiger partial charge in [-0.15, -0.1) is 0 Å². The predicted octanol–water partition coefficient (Wildman–Crippen LogP) is 2.23. The minimum atomic E-state index is -0.707. The van der Waals surface area contributed by atoms with E-state index in [1.165, 1.54) is 10.6 Å². The Balaban J connectivity index is 0.00000127. The monoisotopic (exact) mass is 317 g/mol. The summed E-state index contributed by atoms with van der Waals surface area (Å²) in [6, 6.07) is -0.707. The van der Waals surface area contributed by atoms with E-state index < -0.39 is 11.9 Å². The van der Waals surface area contributed by atoms with Crippen molar-refractivity contribution in [2.45, 2.75) is 46.6 Å². The molecule has 0 saturated carbocycles. The van der Waals surface area contributed by atoms with E-state index in [1.807, 2.05) is 20.8 Å². The highest BCUT2D eigenvalue weighted by molar-refractivity contribution is 5.99. The Labute approximate surface area is 135 Å². The molecule has 1 saturated heterocycles. The molecule has 124 valence electrons. The Morgan fingerprint density at radius 3 is 2.48 bits per heavy atom. The maximum Gasteiger partial charge on any atom is 0.262 e. The van der Waals surface area contributed by atoms with Crippen molar-refractivity contribution >= 4 is 24.0 Å². The van der Waals surface area contributed by atoms with Crippen LogP contribution in [0.1, 0.15) is 56.7 Å². The highest BCUT2D eigenvalue weighted by Crippen LogP contribution is 2.19. The van der Waals surface area contributed by atoms with E-state index in [4.69, 9.17) is 0 Å². The van der Waals surface area contributed by atoms with Crippen molar-refractivity contribution in [3.05, 3.63) is 40.1 Å². The number of aromatic nitrogens is 2. The van der Waals surface area contributed by atoms with Crippen LogP contribution in [0.2, 0.25) is 0 Å². The van der Waals surface area contributed by atoms with Crippen molar-refractivity contribution in [3.8, 4) is 0 Å². The molecule has 0 bridgehead atoms. The number of nitrogens with one attached hydrogen (secondary N) is 1. The number of rotatable bonds is 3. The van der Waals surface area contributed by atoms with Crippen LogP contribution in [0, 0.1) is 6.92 Å². The molecule has 0 spiro atoms. The van der Waals surface area contributed by atoms with Crippen LogP contribution in [-0.4, -0.2) is 21.4 Å². The molecule has 2 amide bonds. The van der Waals surface area contributed by atoms with Gasteiger partial charge >= 0.3 is 0 Å². The molecule has 1 fully saturated rings. The maximum absolute atomic E-state index is 12.6. The van der Waals surface area contributed by atoms with Crippen molar-refractivity contribution in [2.24, 2.45) is 0 Å². The van der Waals surface area contributed by atoms with Gasteiger partial charge in [0.05, 0.1) is 11.3 Å². The lowest BCUT2D eigenvalue weighted by Crippen LogP contribution is -2.45. The lowest BCUT2D eigenvalue weighted by atomic mass is 10.0. The molecule has 0 radical (unpaired) electrons. The summed E-state index contributed by atoms with van der Waals surface area (Å²) < 4.78 is 1.34. The first kappa shape index (κ1) is 18.5. The van der Waals surface area contributed by atoms with Crippen LogP contribution in [0.15, 0.2) is 17.4 Å². The van der Waals surface area contributed by atoms with Gasteiger partial charge in [-0.25, -0.2) is 4.98 Å². The lowest BCUT2D eigenvalue weighted by Gasteiger charge is -2.24. The number of piperidine rings is 1. The third kappa shape index (κ3) is 3.83. The first-order chi connectivity index (χ1) is 11.0. The van der Waals surface area contributed by atoms with E-state index in [-0.39, 0.29) is 17.9 Å². The average molecular weight is 317 g/mol. The van der Waals surface area contributed by atoms with E-state index >= 15 is 0 Å². The maximum atomic E-state index is 12.6. The van der Waals surface area contributed by atoms with E-state index in [0.717, 1.165) is 0 Å². The van der Waals surface area contributed by atoms with Crippen molar-refractivity contribution in [2.75, 3.05) is 0 Å². The van der Waals surface area contributed by atoms with E-state index in [0.29, 0.717) is 23.5 Å². The van der Waals surface area contributed by atoms with Gasteiger partial charge < -0.3 is 0 Å². The average Bonchev–Trinajstić information content (AvgIpc) is 2.52. The van der Waals surface area contributed by atoms with Gasteiger partial charge in [0.1, 0.15) is 11.9 Å². The summed E-state index contributed by atoms with van der Waals surface area (Å²) in [5, 5.41) is 2.25. The van der Waals surface area contributed by atoms with Crippen LogP contribution in [-0.2, 0) is 9.59 Å². The second-order valence-corrected chi connectivity index (χ2v) is 4.80. The Kier molecular flexibility index (Phi) is 6.63. The van der Waals surface area contributed by atoms with Crippen molar-refractivity contribution in [1.29, 1.82) is 0 Å². The number of allylic oxidation sites excluding steroid dienone is 1. The number of carbonyl (C=O) groups excluding carboxylic acids is 2. The SMILES string of the molecule is C=Cc1c(/C=C\C)nc(C)n(C2CCC(=O)NC2=O)c1=O.CC. The Hall–Kier alpha value is -2.50. The first-order valence-corrected chi connectivity index (χ1v) is 7.71. The van der Waals surface area contributed by atoms with Crippen molar-refractivity contribution in [3.63, 3.8) is 0 Å². The van der Waals surface area contributed by atoms with Crippen LogP contribution in [0.5, 0.6) is 0 Å². The molecule has 0 aromatic carbocycles. The second kappa shape index (κ2) is 8.22. The molecule has 2 rings (SSSR count). The Morgan fingerprint density at radius 2 is 1.96 bits per heavy atom. The molecule has 1 aromatic heterocycles. The molecule has 1 unspecified atom stereocenters.